The third kappa shape index (κ3) is 1.94. The van der Waals surface area contributed by atoms with Gasteiger partial charge in [0.1, 0.15) is 17.3 Å². The number of methoxy groups -OCH3 is 1. The Morgan fingerprint density at radius 2 is 2.19 bits per heavy atom. The van der Waals surface area contributed by atoms with Crippen LogP contribution in [-0.2, 0) is 18.0 Å². The van der Waals surface area contributed by atoms with Crippen molar-refractivity contribution in [2.75, 3.05) is 7.11 Å². The maximum atomic E-state index is 9.00. The Morgan fingerprint density at radius 1 is 1.38 bits per heavy atom. The average molecular weight is 241 g/mol. The Labute approximate surface area is 95.7 Å². The predicted octanol–water partition coefficient (Wildman–Crippen LogP) is 0.0659. The molecule has 0 radical (unpaired) electrons. The molecule has 0 saturated carbocycles. The summed E-state index contributed by atoms with van der Waals surface area (Å²) in [5, 5.41) is 26.1. The van der Waals surface area contributed by atoms with E-state index in [2.05, 4.69) is 20.5 Å². The van der Waals surface area contributed by atoms with E-state index in [0.717, 1.165) is 10.7 Å². The number of rotatable bonds is 4. The molecule has 2 aromatic heterocycles. The number of hydrogen-bond donors (Lipinski definition) is 1. The Bertz CT molecular complexity index is 480. The third-order valence-corrected chi connectivity index (χ3v) is 2.92. The topological polar surface area (TPSA) is 86.0 Å². The molecule has 86 valence electrons. The minimum Gasteiger partial charge on any atom is -0.390 e. The minimum atomic E-state index is -0.129. The number of aliphatic hydroxyl groups excluding tert-OH is 1. The van der Waals surface area contributed by atoms with Crippen molar-refractivity contribution in [3.63, 3.8) is 0 Å². The molecule has 0 aliphatic heterocycles. The highest BCUT2D eigenvalue weighted by Crippen LogP contribution is 2.17. The molecule has 0 unspecified atom stereocenters. The van der Waals surface area contributed by atoms with Gasteiger partial charge >= 0.3 is 0 Å². The average Bonchev–Trinajstić information content (AvgIpc) is 2.85. The number of aliphatic hydroxyl groups is 1. The molecule has 0 aliphatic rings. The summed E-state index contributed by atoms with van der Waals surface area (Å²) in [5.41, 5.74) is 1.31. The van der Waals surface area contributed by atoms with Gasteiger partial charge in [-0.1, -0.05) is 16.6 Å². The fourth-order valence-corrected chi connectivity index (χ4v) is 2.01. The van der Waals surface area contributed by atoms with Crippen LogP contribution in [0.15, 0.2) is 0 Å². The molecule has 0 fully saturated rings. The lowest BCUT2D eigenvalue weighted by Gasteiger charge is -1.95. The van der Waals surface area contributed by atoms with Gasteiger partial charge in [-0.2, -0.15) is 4.68 Å². The summed E-state index contributed by atoms with van der Waals surface area (Å²) in [6, 6.07) is 0. The van der Waals surface area contributed by atoms with Crippen LogP contribution in [0.2, 0.25) is 0 Å². The number of hydrogen-bond acceptors (Lipinski definition) is 7. The highest BCUT2D eigenvalue weighted by molar-refractivity contribution is 7.13. The largest absolute Gasteiger partial charge is 0.390 e. The van der Waals surface area contributed by atoms with E-state index in [4.69, 9.17) is 9.84 Å². The van der Waals surface area contributed by atoms with E-state index in [1.807, 2.05) is 6.92 Å². The summed E-state index contributed by atoms with van der Waals surface area (Å²) in [6.45, 7) is 2.12. The zero-order valence-corrected chi connectivity index (χ0v) is 9.73. The van der Waals surface area contributed by atoms with Crippen molar-refractivity contribution in [3.05, 3.63) is 16.4 Å². The fourth-order valence-electron chi connectivity index (χ4n) is 1.20. The summed E-state index contributed by atoms with van der Waals surface area (Å²) in [7, 11) is 1.60. The molecule has 16 heavy (non-hydrogen) atoms. The van der Waals surface area contributed by atoms with E-state index < -0.39 is 0 Å². The van der Waals surface area contributed by atoms with Crippen molar-refractivity contribution < 1.29 is 9.84 Å². The van der Waals surface area contributed by atoms with Gasteiger partial charge < -0.3 is 9.84 Å². The van der Waals surface area contributed by atoms with Crippen LogP contribution in [0, 0.1) is 6.92 Å². The predicted molar refractivity (Wildman–Crippen MR) is 56.2 cm³/mol. The highest BCUT2D eigenvalue weighted by Gasteiger charge is 2.13. The lowest BCUT2D eigenvalue weighted by Crippen LogP contribution is -1.99. The molecule has 0 atom stereocenters. The maximum absolute atomic E-state index is 9.00. The quantitative estimate of drug-likeness (QED) is 0.815. The molecule has 7 nitrogen and oxygen atoms in total. The van der Waals surface area contributed by atoms with E-state index >= 15 is 0 Å². The third-order valence-electron chi connectivity index (χ3n) is 2.05. The summed E-state index contributed by atoms with van der Waals surface area (Å²) in [6.07, 6.45) is 0. The molecule has 0 amide bonds. The van der Waals surface area contributed by atoms with Gasteiger partial charge in [0, 0.05) is 7.11 Å². The molecule has 2 heterocycles. The Hall–Kier alpha value is -1.38. The molecule has 0 aliphatic carbocycles. The summed E-state index contributed by atoms with van der Waals surface area (Å²) in [5.74, 6) is 0. The first-order valence-corrected chi connectivity index (χ1v) is 5.41. The van der Waals surface area contributed by atoms with Gasteiger partial charge in [0.15, 0.2) is 0 Å². The van der Waals surface area contributed by atoms with Crippen LogP contribution in [0.4, 0.5) is 0 Å². The van der Waals surface area contributed by atoms with Crippen molar-refractivity contribution in [1.82, 2.24) is 25.2 Å². The molecule has 2 aromatic rings. The minimum absolute atomic E-state index is 0.129. The first-order valence-electron chi connectivity index (χ1n) is 4.60. The zero-order chi connectivity index (χ0) is 11.5. The monoisotopic (exact) mass is 241 g/mol. The molecule has 0 aromatic carbocycles. The van der Waals surface area contributed by atoms with Crippen LogP contribution in [0.3, 0.4) is 0 Å². The molecule has 0 spiro atoms. The summed E-state index contributed by atoms with van der Waals surface area (Å²) >= 11 is 1.38. The van der Waals surface area contributed by atoms with Crippen LogP contribution in [0.1, 0.15) is 16.4 Å². The van der Waals surface area contributed by atoms with Crippen molar-refractivity contribution in [2.24, 2.45) is 0 Å². The van der Waals surface area contributed by atoms with Gasteiger partial charge in [0.2, 0.25) is 5.13 Å². The van der Waals surface area contributed by atoms with Gasteiger partial charge in [-0.05, 0) is 6.92 Å². The SMILES string of the molecule is COCc1nnc(-n2nnc(CO)c2C)s1. The molecule has 0 saturated heterocycles. The number of ether oxygens (including phenoxy) is 1. The Morgan fingerprint density at radius 3 is 2.81 bits per heavy atom. The van der Waals surface area contributed by atoms with E-state index in [1.54, 1.807) is 11.8 Å². The van der Waals surface area contributed by atoms with Gasteiger partial charge in [0.25, 0.3) is 0 Å². The van der Waals surface area contributed by atoms with Crippen molar-refractivity contribution >= 4 is 11.3 Å². The van der Waals surface area contributed by atoms with Crippen LogP contribution in [-0.4, -0.2) is 37.4 Å². The second kappa shape index (κ2) is 4.64. The fraction of sp³-hybridized carbons (Fsp3) is 0.500. The van der Waals surface area contributed by atoms with E-state index in [-0.39, 0.29) is 6.61 Å². The first-order chi connectivity index (χ1) is 7.76. The van der Waals surface area contributed by atoms with Gasteiger partial charge in [-0.25, -0.2) is 0 Å². The van der Waals surface area contributed by atoms with Crippen LogP contribution in [0.25, 0.3) is 5.13 Å². The standard InChI is InChI=1S/C8H11N5O2S/c1-5-6(3-14)9-12-13(5)8-11-10-7(16-8)4-15-2/h14H,3-4H2,1-2H3. The lowest BCUT2D eigenvalue weighted by molar-refractivity contribution is 0.184. The van der Waals surface area contributed by atoms with E-state index in [1.165, 1.54) is 11.3 Å². The second-order valence-corrected chi connectivity index (χ2v) is 4.14. The Kier molecular flexibility index (Phi) is 3.22. The van der Waals surface area contributed by atoms with E-state index in [0.29, 0.717) is 17.4 Å². The highest BCUT2D eigenvalue weighted by atomic mass is 32.1. The Balaban J connectivity index is 2.31. The summed E-state index contributed by atoms with van der Waals surface area (Å²) in [4.78, 5) is 0. The molecule has 0 bridgehead atoms. The molecule has 2 rings (SSSR count). The molecular formula is C8H11N5O2S. The van der Waals surface area contributed by atoms with E-state index in [9.17, 15) is 0 Å². The second-order valence-electron chi connectivity index (χ2n) is 3.10. The maximum Gasteiger partial charge on any atom is 0.234 e. The smallest absolute Gasteiger partial charge is 0.234 e. The first kappa shape index (κ1) is 11.1. The number of nitrogens with zero attached hydrogens (tertiary/aromatic N) is 5. The van der Waals surface area contributed by atoms with Crippen LogP contribution >= 0.6 is 11.3 Å². The van der Waals surface area contributed by atoms with Crippen LogP contribution in [0.5, 0.6) is 0 Å². The lowest BCUT2D eigenvalue weighted by atomic mass is 10.4. The molecule has 1 N–H and O–H groups in total. The van der Waals surface area contributed by atoms with Gasteiger partial charge in [-0.3, -0.25) is 0 Å². The van der Waals surface area contributed by atoms with Gasteiger partial charge in [-0.15, -0.1) is 15.3 Å². The van der Waals surface area contributed by atoms with Crippen LogP contribution < -0.4 is 0 Å². The van der Waals surface area contributed by atoms with Gasteiger partial charge in [0.05, 0.1) is 12.3 Å². The normalized spacial score (nSPS) is 10.9. The molecule has 8 heteroatoms. The summed E-state index contributed by atoms with van der Waals surface area (Å²) < 4.78 is 6.51. The number of aromatic nitrogens is 5. The van der Waals surface area contributed by atoms with Crippen molar-refractivity contribution in [3.8, 4) is 5.13 Å². The van der Waals surface area contributed by atoms with Crippen molar-refractivity contribution in [2.45, 2.75) is 20.1 Å². The molecular weight excluding hydrogens is 230 g/mol. The van der Waals surface area contributed by atoms with Crippen molar-refractivity contribution in [1.29, 1.82) is 0 Å². The zero-order valence-electron chi connectivity index (χ0n) is 8.91.